The number of amides is 1. The molecule has 1 saturated carbocycles. The van der Waals surface area contributed by atoms with Crippen molar-refractivity contribution in [3.63, 3.8) is 0 Å². The van der Waals surface area contributed by atoms with Crippen LogP contribution in [-0.2, 0) is 0 Å². The van der Waals surface area contributed by atoms with Gasteiger partial charge in [-0.3, -0.25) is 4.79 Å². The Labute approximate surface area is 128 Å². The van der Waals surface area contributed by atoms with Gasteiger partial charge in [0.25, 0.3) is 5.91 Å². The van der Waals surface area contributed by atoms with Gasteiger partial charge in [0.2, 0.25) is 0 Å². The van der Waals surface area contributed by atoms with Crippen LogP contribution in [0.1, 0.15) is 60.4 Å². The van der Waals surface area contributed by atoms with E-state index in [0.717, 1.165) is 30.7 Å². The second kappa shape index (κ2) is 6.89. The summed E-state index contributed by atoms with van der Waals surface area (Å²) < 4.78 is 0. The average Bonchev–Trinajstić information content (AvgIpc) is 2.88. The zero-order valence-corrected chi connectivity index (χ0v) is 13.1. The van der Waals surface area contributed by atoms with E-state index in [2.05, 4.69) is 15.5 Å². The van der Waals surface area contributed by atoms with Gasteiger partial charge in [-0.25, -0.2) is 4.98 Å². The lowest BCUT2D eigenvalue weighted by Crippen LogP contribution is -2.57. The van der Waals surface area contributed by atoms with Crippen molar-refractivity contribution in [1.29, 1.82) is 0 Å². The summed E-state index contributed by atoms with van der Waals surface area (Å²) in [4.78, 5) is 16.6. The van der Waals surface area contributed by atoms with E-state index in [1.807, 2.05) is 6.92 Å². The maximum absolute atomic E-state index is 12.4. The predicted molar refractivity (Wildman–Crippen MR) is 82.8 cm³/mol. The van der Waals surface area contributed by atoms with Crippen LogP contribution in [0.5, 0.6) is 0 Å². The van der Waals surface area contributed by atoms with Crippen molar-refractivity contribution in [3.05, 3.63) is 16.1 Å². The largest absolute Gasteiger partial charge is 0.409 e. The Morgan fingerprint density at radius 1 is 1.38 bits per heavy atom. The molecule has 0 radical (unpaired) electrons. The Morgan fingerprint density at radius 2 is 2.00 bits per heavy atom. The summed E-state index contributed by atoms with van der Waals surface area (Å²) in [6, 6.07) is 0. The fraction of sp³-hybridized carbons (Fsp3) is 0.643. The summed E-state index contributed by atoms with van der Waals surface area (Å²) in [6.07, 6.45) is 6.69. The predicted octanol–water partition coefficient (Wildman–Crippen LogP) is 2.41. The number of nitrogens with zero attached hydrogens (tertiary/aromatic N) is 2. The minimum absolute atomic E-state index is 0.0877. The first-order valence-corrected chi connectivity index (χ1v) is 8.18. The lowest BCUT2D eigenvalue weighted by molar-refractivity contribution is 0.0906. The molecule has 0 saturated heterocycles. The van der Waals surface area contributed by atoms with Crippen LogP contribution in [0.2, 0.25) is 0 Å². The van der Waals surface area contributed by atoms with Crippen molar-refractivity contribution in [2.45, 2.75) is 57.4 Å². The highest BCUT2D eigenvalue weighted by molar-refractivity contribution is 7.09. The van der Waals surface area contributed by atoms with Crippen molar-refractivity contribution in [2.24, 2.45) is 10.9 Å². The monoisotopic (exact) mass is 310 g/mol. The molecule has 4 N–H and O–H groups in total. The molecule has 1 heterocycles. The second-order valence-electron chi connectivity index (χ2n) is 5.54. The number of hydrogen-bond donors (Lipinski definition) is 3. The SMILES string of the molecule is Cc1nc(C(=O)NC2(C(N)=NO)CCCCCCC2)cs1. The molecule has 1 fully saturated rings. The quantitative estimate of drug-likeness (QED) is 0.345. The van der Waals surface area contributed by atoms with E-state index in [4.69, 9.17) is 10.9 Å². The third-order valence-corrected chi connectivity index (χ3v) is 4.78. The summed E-state index contributed by atoms with van der Waals surface area (Å²) in [5, 5.41) is 17.8. The van der Waals surface area contributed by atoms with Gasteiger partial charge in [-0.15, -0.1) is 11.3 Å². The molecule has 0 unspecified atom stereocenters. The van der Waals surface area contributed by atoms with Crippen molar-refractivity contribution in [1.82, 2.24) is 10.3 Å². The number of thiazole rings is 1. The number of carbonyl (C=O) groups excluding carboxylic acids is 1. The van der Waals surface area contributed by atoms with Crippen LogP contribution < -0.4 is 11.1 Å². The van der Waals surface area contributed by atoms with Crippen LogP contribution in [0.4, 0.5) is 0 Å². The van der Waals surface area contributed by atoms with E-state index in [0.29, 0.717) is 18.5 Å². The van der Waals surface area contributed by atoms with E-state index in [-0.39, 0.29) is 11.7 Å². The zero-order chi connectivity index (χ0) is 15.3. The fourth-order valence-electron chi connectivity index (χ4n) is 2.80. The highest BCUT2D eigenvalue weighted by Crippen LogP contribution is 2.27. The van der Waals surface area contributed by atoms with E-state index >= 15 is 0 Å². The van der Waals surface area contributed by atoms with Gasteiger partial charge in [-0.05, 0) is 19.8 Å². The van der Waals surface area contributed by atoms with Gasteiger partial charge in [0.1, 0.15) is 11.2 Å². The van der Waals surface area contributed by atoms with E-state index < -0.39 is 5.54 Å². The number of aryl methyl sites for hydroxylation is 1. The van der Waals surface area contributed by atoms with Crippen LogP contribution in [0.15, 0.2) is 10.5 Å². The third-order valence-electron chi connectivity index (χ3n) is 4.01. The van der Waals surface area contributed by atoms with Crippen molar-refractivity contribution in [2.75, 3.05) is 0 Å². The number of amidine groups is 1. The van der Waals surface area contributed by atoms with Crippen LogP contribution in [0, 0.1) is 6.92 Å². The van der Waals surface area contributed by atoms with Gasteiger partial charge < -0.3 is 16.3 Å². The summed E-state index contributed by atoms with van der Waals surface area (Å²) in [7, 11) is 0. The molecule has 0 aromatic carbocycles. The molecular weight excluding hydrogens is 288 g/mol. The van der Waals surface area contributed by atoms with Crippen LogP contribution in [0.3, 0.4) is 0 Å². The molecule has 7 heteroatoms. The summed E-state index contributed by atoms with van der Waals surface area (Å²) in [5.41, 5.74) is 5.54. The average molecular weight is 310 g/mol. The first kappa shape index (κ1) is 15.8. The van der Waals surface area contributed by atoms with E-state index in [9.17, 15) is 4.79 Å². The Hall–Kier alpha value is -1.63. The highest BCUT2D eigenvalue weighted by Gasteiger charge is 2.37. The first-order valence-electron chi connectivity index (χ1n) is 7.30. The van der Waals surface area contributed by atoms with Gasteiger partial charge >= 0.3 is 0 Å². The van der Waals surface area contributed by atoms with Gasteiger partial charge in [0.05, 0.1) is 5.01 Å². The third kappa shape index (κ3) is 3.72. The van der Waals surface area contributed by atoms with Gasteiger partial charge in [-0.2, -0.15) is 0 Å². The standard InChI is InChI=1S/C14H22N4O2S/c1-10-16-11(9-21-10)12(19)17-14(13(15)18-20)7-5-3-2-4-6-8-14/h9,20H,2-8H2,1H3,(H2,15,18)(H,17,19). The molecule has 6 nitrogen and oxygen atoms in total. The molecule has 1 aliphatic rings. The first-order chi connectivity index (χ1) is 10.1. The molecule has 1 aromatic rings. The van der Waals surface area contributed by atoms with Crippen LogP contribution in [0.25, 0.3) is 0 Å². The molecule has 1 amide bonds. The zero-order valence-electron chi connectivity index (χ0n) is 12.3. The lowest BCUT2D eigenvalue weighted by atomic mass is 9.82. The lowest BCUT2D eigenvalue weighted by Gasteiger charge is -2.34. The van der Waals surface area contributed by atoms with Crippen LogP contribution >= 0.6 is 11.3 Å². The Kier molecular flexibility index (Phi) is 5.17. The Morgan fingerprint density at radius 3 is 2.52 bits per heavy atom. The van der Waals surface area contributed by atoms with E-state index in [1.54, 1.807) is 5.38 Å². The maximum atomic E-state index is 12.4. The molecule has 0 aliphatic heterocycles. The summed E-state index contributed by atoms with van der Waals surface area (Å²) in [6.45, 7) is 1.86. The second-order valence-corrected chi connectivity index (χ2v) is 6.60. The number of nitrogens with one attached hydrogen (secondary N) is 1. The normalized spacial score (nSPS) is 19.6. The summed E-state index contributed by atoms with van der Waals surface area (Å²) in [5.74, 6) is -0.170. The van der Waals surface area contributed by atoms with Gasteiger partial charge in [0.15, 0.2) is 5.84 Å². The number of nitrogens with two attached hydrogens (primary N) is 1. The fourth-order valence-corrected chi connectivity index (χ4v) is 3.39. The topological polar surface area (TPSA) is 101 Å². The minimum Gasteiger partial charge on any atom is -0.409 e. The van der Waals surface area contributed by atoms with Crippen molar-refractivity contribution < 1.29 is 10.0 Å². The van der Waals surface area contributed by atoms with Gasteiger partial charge in [0, 0.05) is 5.38 Å². The maximum Gasteiger partial charge on any atom is 0.271 e. The van der Waals surface area contributed by atoms with Gasteiger partial charge in [-0.1, -0.05) is 37.3 Å². The van der Waals surface area contributed by atoms with Crippen LogP contribution in [-0.4, -0.2) is 27.5 Å². The Bertz CT molecular complexity index is 519. The summed E-state index contributed by atoms with van der Waals surface area (Å²) >= 11 is 1.43. The molecule has 21 heavy (non-hydrogen) atoms. The van der Waals surface area contributed by atoms with E-state index in [1.165, 1.54) is 17.8 Å². The van der Waals surface area contributed by atoms with Crippen molar-refractivity contribution >= 4 is 23.1 Å². The smallest absolute Gasteiger partial charge is 0.271 e. The highest BCUT2D eigenvalue weighted by atomic mass is 32.1. The number of aromatic nitrogens is 1. The minimum atomic E-state index is -0.760. The molecular formula is C14H22N4O2S. The molecule has 0 bridgehead atoms. The number of hydrogen-bond acceptors (Lipinski definition) is 5. The molecule has 1 aromatic heterocycles. The molecule has 0 spiro atoms. The molecule has 2 rings (SSSR count). The number of rotatable bonds is 3. The number of oxime groups is 1. The van der Waals surface area contributed by atoms with Crippen molar-refractivity contribution in [3.8, 4) is 0 Å². The number of carbonyl (C=O) groups is 1. The Balaban J connectivity index is 2.20. The molecule has 1 aliphatic carbocycles. The molecule has 0 atom stereocenters. The molecule has 116 valence electrons.